The first-order valence-corrected chi connectivity index (χ1v) is 5.93. The fourth-order valence-corrected chi connectivity index (χ4v) is 2.07. The van der Waals surface area contributed by atoms with E-state index in [0.29, 0.717) is 6.42 Å². The van der Waals surface area contributed by atoms with Crippen molar-refractivity contribution in [2.24, 2.45) is 0 Å². The molecule has 0 bridgehead atoms. The lowest BCUT2D eigenvalue weighted by Crippen LogP contribution is -2.31. The van der Waals surface area contributed by atoms with Gasteiger partial charge in [0.25, 0.3) is 5.91 Å². The molecular weight excluding hydrogens is 226 g/mol. The number of hydrogen-bond donors (Lipinski definition) is 1. The van der Waals surface area contributed by atoms with Crippen LogP contribution in [0.1, 0.15) is 5.56 Å². The summed E-state index contributed by atoms with van der Waals surface area (Å²) in [5, 5.41) is 2.85. The van der Waals surface area contributed by atoms with E-state index in [1.807, 2.05) is 54.6 Å². The second-order valence-corrected chi connectivity index (χ2v) is 4.27. The van der Waals surface area contributed by atoms with Gasteiger partial charge in [0.2, 0.25) is 0 Å². The monoisotopic (exact) mass is 239 g/mol. The number of ether oxygens (including phenoxy) is 1. The highest BCUT2D eigenvalue weighted by Crippen LogP contribution is 2.28. The molecule has 3 rings (SSSR count). The van der Waals surface area contributed by atoms with Crippen LogP contribution in [0.25, 0.3) is 0 Å². The highest BCUT2D eigenvalue weighted by molar-refractivity contribution is 5.95. The minimum absolute atomic E-state index is 0.0996. The van der Waals surface area contributed by atoms with Crippen molar-refractivity contribution in [3.05, 3.63) is 60.2 Å². The van der Waals surface area contributed by atoms with Gasteiger partial charge in [-0.3, -0.25) is 4.79 Å². The van der Waals surface area contributed by atoms with Crippen LogP contribution in [-0.4, -0.2) is 12.0 Å². The lowest BCUT2D eigenvalue weighted by Gasteiger charge is -2.11. The summed E-state index contributed by atoms with van der Waals surface area (Å²) in [6, 6.07) is 17.2. The van der Waals surface area contributed by atoms with Gasteiger partial charge in [0.05, 0.1) is 0 Å². The third-order valence-electron chi connectivity index (χ3n) is 2.98. The van der Waals surface area contributed by atoms with Crippen LogP contribution >= 0.6 is 0 Å². The molecule has 0 radical (unpaired) electrons. The molecule has 1 heterocycles. The molecule has 90 valence electrons. The number of hydrogen-bond acceptors (Lipinski definition) is 2. The normalized spacial score (nSPS) is 16.8. The highest BCUT2D eigenvalue weighted by Gasteiger charge is 2.28. The van der Waals surface area contributed by atoms with Gasteiger partial charge in [-0.05, 0) is 23.8 Å². The number of amides is 1. The predicted octanol–water partition coefficient (Wildman–Crippen LogP) is 2.63. The van der Waals surface area contributed by atoms with Crippen molar-refractivity contribution in [2.45, 2.75) is 12.5 Å². The number of benzene rings is 2. The van der Waals surface area contributed by atoms with Gasteiger partial charge in [-0.25, -0.2) is 0 Å². The van der Waals surface area contributed by atoms with E-state index in [9.17, 15) is 4.79 Å². The van der Waals surface area contributed by atoms with Gasteiger partial charge in [0.1, 0.15) is 5.75 Å². The Hall–Kier alpha value is -2.29. The van der Waals surface area contributed by atoms with Gasteiger partial charge in [-0.2, -0.15) is 0 Å². The van der Waals surface area contributed by atoms with Crippen LogP contribution in [0.4, 0.5) is 5.69 Å². The molecule has 1 aliphatic heterocycles. The molecular formula is C15H13NO2. The van der Waals surface area contributed by atoms with Crippen LogP contribution in [0.3, 0.4) is 0 Å². The zero-order valence-electron chi connectivity index (χ0n) is 9.80. The summed E-state index contributed by atoms with van der Waals surface area (Å²) in [6.07, 6.45) is 0.206. The van der Waals surface area contributed by atoms with E-state index in [1.165, 1.54) is 0 Å². The Bertz CT molecular complexity index is 541. The summed E-state index contributed by atoms with van der Waals surface area (Å²) >= 11 is 0. The fraction of sp³-hybridized carbons (Fsp3) is 0.133. The van der Waals surface area contributed by atoms with Gasteiger partial charge in [-0.15, -0.1) is 0 Å². The molecule has 2 aromatic rings. The number of nitrogens with one attached hydrogen (secondary N) is 1. The molecule has 0 fully saturated rings. The third-order valence-corrected chi connectivity index (χ3v) is 2.98. The molecule has 1 N–H and O–H groups in total. The molecule has 0 aliphatic carbocycles. The first kappa shape index (κ1) is 10.8. The van der Waals surface area contributed by atoms with Gasteiger partial charge in [0, 0.05) is 12.1 Å². The molecule has 1 aliphatic rings. The Morgan fingerprint density at radius 2 is 1.78 bits per heavy atom. The quantitative estimate of drug-likeness (QED) is 0.874. The Labute approximate surface area is 105 Å². The number of para-hydroxylation sites is 2. The van der Waals surface area contributed by atoms with Crippen LogP contribution in [0.15, 0.2) is 54.6 Å². The van der Waals surface area contributed by atoms with Crippen LogP contribution in [0.5, 0.6) is 5.75 Å². The number of carbonyl (C=O) groups excluding carboxylic acids is 1. The maximum atomic E-state index is 12.0. The maximum absolute atomic E-state index is 12.0. The van der Waals surface area contributed by atoms with Gasteiger partial charge in [0.15, 0.2) is 6.10 Å². The fourth-order valence-electron chi connectivity index (χ4n) is 2.07. The smallest absolute Gasteiger partial charge is 0.265 e. The van der Waals surface area contributed by atoms with Crippen molar-refractivity contribution in [3.63, 3.8) is 0 Å². The van der Waals surface area contributed by atoms with E-state index >= 15 is 0 Å². The topological polar surface area (TPSA) is 38.3 Å². The van der Waals surface area contributed by atoms with E-state index < -0.39 is 6.10 Å². The standard InChI is InChI=1S/C15H13NO2/c17-15(16-12-7-2-1-3-8-12)14-10-11-6-4-5-9-13(11)18-14/h1-9,14H,10H2,(H,16,17)/t14-/m1/s1. The first-order valence-electron chi connectivity index (χ1n) is 5.93. The summed E-state index contributed by atoms with van der Waals surface area (Å²) in [6.45, 7) is 0. The summed E-state index contributed by atoms with van der Waals surface area (Å²) in [5.74, 6) is 0.711. The lowest BCUT2D eigenvalue weighted by molar-refractivity contribution is -0.122. The van der Waals surface area contributed by atoms with Gasteiger partial charge < -0.3 is 10.1 Å². The van der Waals surface area contributed by atoms with E-state index in [1.54, 1.807) is 0 Å². The van der Waals surface area contributed by atoms with Crippen molar-refractivity contribution in [2.75, 3.05) is 5.32 Å². The molecule has 3 heteroatoms. The van der Waals surface area contributed by atoms with E-state index in [4.69, 9.17) is 4.74 Å². The van der Waals surface area contributed by atoms with E-state index in [2.05, 4.69) is 5.32 Å². The van der Waals surface area contributed by atoms with Crippen LogP contribution in [0, 0.1) is 0 Å². The minimum atomic E-state index is -0.428. The molecule has 0 saturated carbocycles. The van der Waals surface area contributed by atoms with Crippen molar-refractivity contribution in [3.8, 4) is 5.75 Å². The average molecular weight is 239 g/mol. The summed E-state index contributed by atoms with van der Waals surface area (Å²) in [4.78, 5) is 12.0. The van der Waals surface area contributed by atoms with E-state index in [0.717, 1.165) is 17.0 Å². The molecule has 1 amide bonds. The Kier molecular flexibility index (Phi) is 2.73. The molecule has 2 aromatic carbocycles. The Morgan fingerprint density at radius 1 is 1.06 bits per heavy atom. The number of carbonyl (C=O) groups is 1. The molecule has 3 nitrogen and oxygen atoms in total. The maximum Gasteiger partial charge on any atom is 0.265 e. The zero-order valence-corrected chi connectivity index (χ0v) is 9.80. The van der Waals surface area contributed by atoms with Gasteiger partial charge >= 0.3 is 0 Å². The zero-order chi connectivity index (χ0) is 12.4. The van der Waals surface area contributed by atoms with Crippen molar-refractivity contribution in [1.29, 1.82) is 0 Å². The average Bonchev–Trinajstić information content (AvgIpc) is 2.84. The lowest BCUT2D eigenvalue weighted by atomic mass is 10.1. The van der Waals surface area contributed by atoms with Gasteiger partial charge in [-0.1, -0.05) is 36.4 Å². The molecule has 0 saturated heterocycles. The van der Waals surface area contributed by atoms with Crippen molar-refractivity contribution >= 4 is 11.6 Å². The van der Waals surface area contributed by atoms with Crippen LogP contribution < -0.4 is 10.1 Å². The summed E-state index contributed by atoms with van der Waals surface area (Å²) in [5.41, 5.74) is 1.88. The van der Waals surface area contributed by atoms with Crippen molar-refractivity contribution in [1.82, 2.24) is 0 Å². The summed E-state index contributed by atoms with van der Waals surface area (Å²) in [7, 11) is 0. The molecule has 0 spiro atoms. The molecule has 18 heavy (non-hydrogen) atoms. The SMILES string of the molecule is O=C(Nc1ccccc1)[C@H]1Cc2ccccc2O1. The Morgan fingerprint density at radius 3 is 2.56 bits per heavy atom. The largest absolute Gasteiger partial charge is 0.480 e. The number of fused-ring (bicyclic) bond motifs is 1. The second kappa shape index (κ2) is 4.53. The van der Waals surface area contributed by atoms with E-state index in [-0.39, 0.29) is 5.91 Å². The predicted molar refractivity (Wildman–Crippen MR) is 69.6 cm³/mol. The summed E-state index contributed by atoms with van der Waals surface area (Å²) < 4.78 is 5.63. The third kappa shape index (κ3) is 2.07. The van der Waals surface area contributed by atoms with Crippen LogP contribution in [-0.2, 0) is 11.2 Å². The molecule has 0 aromatic heterocycles. The molecule has 1 atom stereocenters. The van der Waals surface area contributed by atoms with Crippen LogP contribution in [0.2, 0.25) is 0 Å². The highest BCUT2D eigenvalue weighted by atomic mass is 16.5. The van der Waals surface area contributed by atoms with Crippen molar-refractivity contribution < 1.29 is 9.53 Å². The first-order chi connectivity index (χ1) is 8.83. The minimum Gasteiger partial charge on any atom is -0.480 e. The number of rotatable bonds is 2. The molecule has 0 unspecified atom stereocenters. The Balaban J connectivity index is 1.70. The number of anilines is 1. The second-order valence-electron chi connectivity index (χ2n) is 4.27.